The van der Waals surface area contributed by atoms with Crippen molar-refractivity contribution < 1.29 is 19.9 Å². The number of carboxylic acids is 1. The topological polar surface area (TPSA) is 77.8 Å². The fraction of sp³-hybridized carbons (Fsp3) is 0.107. The highest BCUT2D eigenvalue weighted by Crippen LogP contribution is 2.29. The molecule has 0 radical (unpaired) electrons. The second-order valence-electron chi connectivity index (χ2n) is 7.89. The molecule has 3 N–H and O–H groups in total. The lowest BCUT2D eigenvalue weighted by atomic mass is 9.77. The van der Waals surface area contributed by atoms with E-state index < -0.39 is 13.1 Å². The van der Waals surface area contributed by atoms with Gasteiger partial charge in [-0.3, -0.25) is 0 Å². The maximum absolute atomic E-state index is 10.3. The van der Waals surface area contributed by atoms with Crippen LogP contribution in [0.2, 0.25) is 10.0 Å². The quantitative estimate of drug-likeness (QED) is 0.163. The van der Waals surface area contributed by atoms with Crippen molar-refractivity contribution in [3.8, 4) is 11.1 Å². The van der Waals surface area contributed by atoms with Crippen molar-refractivity contribution in [3.63, 3.8) is 0 Å². The highest BCUT2D eigenvalue weighted by atomic mass is 79.9. The van der Waals surface area contributed by atoms with Gasteiger partial charge in [-0.05, 0) is 83.5 Å². The molecule has 0 saturated heterocycles. The Hall–Kier alpha value is -2.32. The van der Waals surface area contributed by atoms with E-state index in [0.717, 1.165) is 26.2 Å². The van der Waals surface area contributed by atoms with Crippen LogP contribution in [0.3, 0.4) is 0 Å². The molecular weight excluding hydrogens is 597 g/mol. The number of rotatable bonds is 4. The molecule has 0 aromatic heterocycles. The summed E-state index contributed by atoms with van der Waals surface area (Å²) in [5.74, 6) is -0.366. The fourth-order valence-corrected chi connectivity index (χ4v) is 4.19. The first-order valence-corrected chi connectivity index (χ1v) is 13.1. The Bertz CT molecular complexity index is 1350. The summed E-state index contributed by atoms with van der Waals surface area (Å²) >= 11 is 20.8. The van der Waals surface area contributed by atoms with Crippen molar-refractivity contribution in [2.24, 2.45) is 0 Å². The molecular formula is C28H25BBrCl3O4. The maximum Gasteiger partial charge on any atom is 0.488 e. The lowest BCUT2D eigenvalue weighted by Gasteiger charge is -2.08. The third kappa shape index (κ3) is 9.49. The third-order valence-electron chi connectivity index (χ3n) is 5.32. The first-order chi connectivity index (χ1) is 17.5. The van der Waals surface area contributed by atoms with E-state index in [-0.39, 0.29) is 0 Å². The number of hydrogen-bond acceptors (Lipinski definition) is 3. The summed E-state index contributed by atoms with van der Waals surface area (Å²) in [7, 11) is -1.44. The van der Waals surface area contributed by atoms with Crippen LogP contribution >= 0.6 is 50.7 Å². The predicted molar refractivity (Wildman–Crippen MR) is 158 cm³/mol. The maximum atomic E-state index is 10.3. The molecule has 9 heteroatoms. The Kier molecular flexibility index (Phi) is 12.7. The summed E-state index contributed by atoms with van der Waals surface area (Å²) in [6.07, 6.45) is 0. The molecule has 0 heterocycles. The Morgan fingerprint density at radius 3 is 1.97 bits per heavy atom. The highest BCUT2D eigenvalue weighted by molar-refractivity contribution is 9.10. The summed E-state index contributed by atoms with van der Waals surface area (Å²) in [6.45, 7) is 3.78. The van der Waals surface area contributed by atoms with E-state index in [9.17, 15) is 4.79 Å². The van der Waals surface area contributed by atoms with Gasteiger partial charge in [-0.1, -0.05) is 87.7 Å². The van der Waals surface area contributed by atoms with Gasteiger partial charge in [0.25, 0.3) is 0 Å². The van der Waals surface area contributed by atoms with E-state index in [1.54, 1.807) is 49.4 Å². The van der Waals surface area contributed by atoms with Gasteiger partial charge in [0.15, 0.2) is 0 Å². The number of aromatic carboxylic acids is 1. The van der Waals surface area contributed by atoms with Crippen LogP contribution in [0.4, 0.5) is 0 Å². The first kappa shape index (κ1) is 30.9. The number of alkyl halides is 1. The Balaban J connectivity index is 0.000000203. The minimum Gasteiger partial charge on any atom is -0.478 e. The highest BCUT2D eigenvalue weighted by Gasteiger charge is 2.14. The van der Waals surface area contributed by atoms with Crippen LogP contribution < -0.4 is 5.46 Å². The zero-order valence-electron chi connectivity index (χ0n) is 20.1. The Morgan fingerprint density at radius 2 is 1.43 bits per heavy atom. The van der Waals surface area contributed by atoms with E-state index >= 15 is 0 Å². The largest absolute Gasteiger partial charge is 0.488 e. The van der Waals surface area contributed by atoms with Gasteiger partial charge in [0, 0.05) is 20.4 Å². The van der Waals surface area contributed by atoms with Gasteiger partial charge in [0.1, 0.15) is 0 Å². The number of hydrogen-bond donors (Lipinski definition) is 3. The van der Waals surface area contributed by atoms with Gasteiger partial charge in [-0.15, -0.1) is 11.6 Å². The zero-order valence-corrected chi connectivity index (χ0v) is 24.0. The molecule has 0 aliphatic carbocycles. The van der Waals surface area contributed by atoms with Crippen LogP contribution in [-0.4, -0.2) is 28.2 Å². The predicted octanol–water partition coefficient (Wildman–Crippen LogP) is 7.53. The Morgan fingerprint density at radius 1 is 0.838 bits per heavy atom. The molecule has 37 heavy (non-hydrogen) atoms. The van der Waals surface area contributed by atoms with Crippen LogP contribution in [0.15, 0.2) is 89.4 Å². The molecule has 0 aliphatic heterocycles. The van der Waals surface area contributed by atoms with Crippen molar-refractivity contribution in [2.45, 2.75) is 19.7 Å². The van der Waals surface area contributed by atoms with Crippen molar-refractivity contribution in [3.05, 3.63) is 122 Å². The normalized spacial score (nSPS) is 9.95. The molecule has 0 aliphatic rings. The smallest absolute Gasteiger partial charge is 0.478 e. The van der Waals surface area contributed by atoms with Gasteiger partial charge in [0.05, 0.1) is 5.56 Å². The van der Waals surface area contributed by atoms with Crippen molar-refractivity contribution in [1.82, 2.24) is 0 Å². The van der Waals surface area contributed by atoms with Crippen LogP contribution in [0.1, 0.15) is 27.0 Å². The fourth-order valence-electron chi connectivity index (χ4n) is 3.27. The van der Waals surface area contributed by atoms with E-state index in [1.807, 2.05) is 31.2 Å². The Labute approximate surface area is 240 Å². The van der Waals surface area contributed by atoms with E-state index in [1.165, 1.54) is 5.56 Å². The van der Waals surface area contributed by atoms with Crippen LogP contribution in [0.25, 0.3) is 11.1 Å². The molecule has 0 amide bonds. The lowest BCUT2D eigenvalue weighted by molar-refractivity contribution is 0.0696. The molecule has 0 fully saturated rings. The molecule has 0 unspecified atom stereocenters. The average molecular weight is 623 g/mol. The summed E-state index contributed by atoms with van der Waals surface area (Å²) in [5, 5.41) is 27.5. The van der Waals surface area contributed by atoms with Crippen molar-refractivity contribution in [1.29, 1.82) is 0 Å². The van der Waals surface area contributed by atoms with E-state index in [2.05, 4.69) is 34.1 Å². The van der Waals surface area contributed by atoms with Crippen molar-refractivity contribution in [2.75, 3.05) is 0 Å². The molecule has 0 saturated carbocycles. The molecule has 4 aromatic carbocycles. The average Bonchev–Trinajstić information content (AvgIpc) is 2.88. The minimum absolute atomic E-state index is 0.300. The summed E-state index contributed by atoms with van der Waals surface area (Å²) in [5.41, 5.74) is 6.03. The molecule has 4 aromatic rings. The van der Waals surface area contributed by atoms with Crippen LogP contribution in [0, 0.1) is 13.8 Å². The molecule has 192 valence electrons. The van der Waals surface area contributed by atoms with Gasteiger partial charge in [-0.2, -0.15) is 0 Å². The van der Waals surface area contributed by atoms with Crippen molar-refractivity contribution >= 4 is 69.3 Å². The number of halogens is 4. The number of carboxylic acid groups (broad SMARTS) is 1. The van der Waals surface area contributed by atoms with Crippen LogP contribution in [0.5, 0.6) is 0 Å². The van der Waals surface area contributed by atoms with E-state index in [4.69, 9.17) is 50.0 Å². The third-order valence-corrected chi connectivity index (χ3v) is 6.94. The summed E-state index contributed by atoms with van der Waals surface area (Å²) in [6, 6.07) is 25.8. The number of carbonyl (C=O) groups is 1. The standard InChI is InChI=1S/C14H12Cl2.C7H8BClO2.C7H5BrO2/c1-10-13(6-3-7-14(10)16)12-5-2-4-11(8-12)9-15;1-5-6(8(10)11)3-2-4-7(5)9;8-6-3-1-2-5(4-6)7(9)10/h2-8H,9H2,1H3;2-4,10-11H,1H3;1-4H,(H,9,10). The molecule has 0 atom stereocenters. The zero-order chi connectivity index (χ0) is 27.5. The molecule has 0 spiro atoms. The van der Waals surface area contributed by atoms with Gasteiger partial charge in [-0.25, -0.2) is 4.79 Å². The summed E-state index contributed by atoms with van der Waals surface area (Å²) < 4.78 is 0.785. The van der Waals surface area contributed by atoms with Gasteiger partial charge in [0.2, 0.25) is 0 Å². The lowest BCUT2D eigenvalue weighted by Crippen LogP contribution is -2.32. The monoisotopic (exact) mass is 620 g/mol. The second kappa shape index (κ2) is 15.2. The molecule has 4 rings (SSSR count). The van der Waals surface area contributed by atoms with Gasteiger partial charge >= 0.3 is 13.1 Å². The van der Waals surface area contributed by atoms with Gasteiger partial charge < -0.3 is 15.2 Å². The first-order valence-electron chi connectivity index (χ1n) is 11.1. The molecule has 4 nitrogen and oxygen atoms in total. The van der Waals surface area contributed by atoms with Crippen LogP contribution in [-0.2, 0) is 5.88 Å². The SMILES string of the molecule is Cc1c(Cl)cccc1-c1cccc(CCl)c1.Cc1c(Cl)cccc1B(O)O.O=C(O)c1cccc(Br)c1. The second-order valence-corrected chi connectivity index (χ2v) is 9.89. The summed E-state index contributed by atoms with van der Waals surface area (Å²) in [4.78, 5) is 10.3. The number of benzene rings is 4. The minimum atomic E-state index is -1.44. The van der Waals surface area contributed by atoms with E-state index in [0.29, 0.717) is 27.5 Å². The molecule has 0 bridgehead atoms.